The third-order valence-electron chi connectivity index (χ3n) is 3.67. The minimum Gasteiger partial charge on any atom is -0.334 e. The number of nitrogens with two attached hydrogens (primary N) is 1. The molecule has 0 spiro atoms. The molecule has 0 fully saturated rings. The second-order valence-electron chi connectivity index (χ2n) is 4.71. The Morgan fingerprint density at radius 2 is 1.90 bits per heavy atom. The van der Waals surface area contributed by atoms with Crippen LogP contribution in [0.15, 0.2) is 11.2 Å². The number of nitrogens with zero attached hydrogens (tertiary/aromatic N) is 2. The van der Waals surface area contributed by atoms with Gasteiger partial charge in [0, 0.05) is 24.8 Å². The maximum Gasteiger partial charge on any atom is 0.260 e. The van der Waals surface area contributed by atoms with Gasteiger partial charge in [-0.1, -0.05) is 13.8 Å². The Morgan fingerprint density at radius 1 is 1.35 bits per heavy atom. The first kappa shape index (κ1) is 19.4. The van der Waals surface area contributed by atoms with E-state index < -0.39 is 15.6 Å². The number of aromatic nitrogens is 2. The summed E-state index contributed by atoms with van der Waals surface area (Å²) in [6.07, 6.45) is 2.85. The number of rotatable bonds is 7. The van der Waals surface area contributed by atoms with Crippen LogP contribution in [-0.4, -0.2) is 30.1 Å². The lowest BCUT2D eigenvalue weighted by Crippen LogP contribution is -2.52. The summed E-state index contributed by atoms with van der Waals surface area (Å²) in [5.74, 6) is 0.689. The summed E-state index contributed by atoms with van der Waals surface area (Å²) in [4.78, 5) is 4.11. The number of halogens is 1. The van der Waals surface area contributed by atoms with Crippen LogP contribution in [-0.2, 0) is 16.6 Å². The summed E-state index contributed by atoms with van der Waals surface area (Å²) in [5, 5.41) is 0.0616. The molecule has 0 aliphatic carbocycles. The van der Waals surface area contributed by atoms with Gasteiger partial charge in [0.2, 0.25) is 0 Å². The molecule has 0 saturated carbocycles. The Kier molecular flexibility index (Phi) is 7.17. The minimum atomic E-state index is -3.63. The van der Waals surface area contributed by atoms with Gasteiger partial charge in [-0.2, -0.15) is 0 Å². The first-order valence-electron chi connectivity index (χ1n) is 6.62. The number of hydrogen-bond acceptors (Lipinski definition) is 4. The van der Waals surface area contributed by atoms with Crippen molar-refractivity contribution in [2.24, 2.45) is 5.73 Å². The maximum absolute atomic E-state index is 12.4. The Labute approximate surface area is 127 Å². The molecule has 118 valence electrons. The van der Waals surface area contributed by atoms with Crippen LogP contribution in [0.2, 0.25) is 0 Å². The Bertz CT molecular complexity index is 515. The lowest BCUT2D eigenvalue weighted by atomic mass is 9.95. The Balaban J connectivity index is 0.00000361. The molecule has 1 aromatic rings. The Hall–Kier alpha value is -0.630. The zero-order valence-electron chi connectivity index (χ0n) is 12.5. The van der Waals surface area contributed by atoms with Crippen molar-refractivity contribution in [1.29, 1.82) is 0 Å². The van der Waals surface area contributed by atoms with Gasteiger partial charge < -0.3 is 10.3 Å². The molecule has 6 nitrogen and oxygen atoms in total. The molecule has 0 atom stereocenters. The number of hydrogen-bond donors (Lipinski definition) is 2. The lowest BCUT2D eigenvalue weighted by molar-refractivity contribution is 0.362. The third-order valence-corrected chi connectivity index (χ3v) is 5.11. The molecule has 20 heavy (non-hydrogen) atoms. The summed E-state index contributed by atoms with van der Waals surface area (Å²) in [7, 11) is -3.63. The van der Waals surface area contributed by atoms with Crippen molar-refractivity contribution in [2.75, 3.05) is 6.54 Å². The molecule has 0 saturated heterocycles. The predicted molar refractivity (Wildman–Crippen MR) is 82.6 cm³/mol. The fourth-order valence-corrected chi connectivity index (χ4v) is 3.56. The molecule has 0 radical (unpaired) electrons. The van der Waals surface area contributed by atoms with E-state index in [-0.39, 0.29) is 24.0 Å². The predicted octanol–water partition coefficient (Wildman–Crippen LogP) is 1.43. The van der Waals surface area contributed by atoms with Crippen LogP contribution in [0.25, 0.3) is 0 Å². The van der Waals surface area contributed by atoms with Gasteiger partial charge in [-0.05, 0) is 26.7 Å². The van der Waals surface area contributed by atoms with Gasteiger partial charge in [0.15, 0.2) is 5.03 Å². The van der Waals surface area contributed by atoms with Crippen molar-refractivity contribution in [1.82, 2.24) is 14.3 Å². The van der Waals surface area contributed by atoms with E-state index in [9.17, 15) is 8.42 Å². The zero-order valence-corrected chi connectivity index (χ0v) is 14.1. The number of nitrogens with one attached hydrogen (secondary N) is 1. The standard InChI is InChI=1S/C12H24N4O2S.ClH/c1-5-12(6-2,9-13)15-19(17,18)11-8-16(7-3)10(4)14-11;/h8,15H,5-7,9,13H2,1-4H3;1H. The molecule has 1 heterocycles. The average molecular weight is 325 g/mol. The van der Waals surface area contributed by atoms with E-state index in [4.69, 9.17) is 5.73 Å². The summed E-state index contributed by atoms with van der Waals surface area (Å²) >= 11 is 0. The van der Waals surface area contributed by atoms with Crippen LogP contribution in [0.4, 0.5) is 0 Å². The highest BCUT2D eigenvalue weighted by Gasteiger charge is 2.32. The third kappa shape index (κ3) is 3.94. The number of aryl methyl sites for hydroxylation is 2. The second kappa shape index (κ2) is 7.40. The molecule has 1 aromatic heterocycles. The van der Waals surface area contributed by atoms with Gasteiger partial charge >= 0.3 is 0 Å². The van der Waals surface area contributed by atoms with Gasteiger partial charge in [0.1, 0.15) is 5.82 Å². The first-order valence-corrected chi connectivity index (χ1v) is 8.10. The van der Waals surface area contributed by atoms with E-state index in [1.807, 2.05) is 20.8 Å². The summed E-state index contributed by atoms with van der Waals surface area (Å²) in [6, 6.07) is 0. The SMILES string of the molecule is CCn1cc(S(=O)(=O)NC(CC)(CC)CN)nc1C.Cl. The van der Waals surface area contributed by atoms with E-state index in [0.29, 0.717) is 25.2 Å². The fraction of sp³-hybridized carbons (Fsp3) is 0.750. The second-order valence-corrected chi connectivity index (χ2v) is 6.34. The van der Waals surface area contributed by atoms with Gasteiger partial charge in [-0.25, -0.2) is 18.1 Å². The van der Waals surface area contributed by atoms with E-state index in [2.05, 4.69) is 9.71 Å². The van der Waals surface area contributed by atoms with E-state index in [1.165, 1.54) is 0 Å². The monoisotopic (exact) mass is 324 g/mol. The average Bonchev–Trinajstić information content (AvgIpc) is 2.78. The molecular weight excluding hydrogens is 300 g/mol. The van der Waals surface area contributed by atoms with Crippen molar-refractivity contribution in [3.05, 3.63) is 12.0 Å². The van der Waals surface area contributed by atoms with E-state index >= 15 is 0 Å². The largest absolute Gasteiger partial charge is 0.334 e. The normalized spacial score (nSPS) is 12.2. The highest BCUT2D eigenvalue weighted by Crippen LogP contribution is 2.18. The van der Waals surface area contributed by atoms with Crippen LogP contribution >= 0.6 is 12.4 Å². The molecule has 0 aromatic carbocycles. The van der Waals surface area contributed by atoms with Crippen LogP contribution in [0.3, 0.4) is 0 Å². The van der Waals surface area contributed by atoms with Crippen molar-refractivity contribution < 1.29 is 8.42 Å². The summed E-state index contributed by atoms with van der Waals surface area (Å²) in [5.41, 5.74) is 5.13. The smallest absolute Gasteiger partial charge is 0.260 e. The fourth-order valence-electron chi connectivity index (χ4n) is 1.99. The molecule has 0 unspecified atom stereocenters. The topological polar surface area (TPSA) is 90.0 Å². The molecule has 0 aliphatic rings. The van der Waals surface area contributed by atoms with Crippen LogP contribution in [0.5, 0.6) is 0 Å². The lowest BCUT2D eigenvalue weighted by Gasteiger charge is -2.30. The molecule has 3 N–H and O–H groups in total. The highest BCUT2D eigenvalue weighted by molar-refractivity contribution is 7.89. The molecule has 0 aliphatic heterocycles. The highest BCUT2D eigenvalue weighted by atomic mass is 35.5. The van der Waals surface area contributed by atoms with Crippen molar-refractivity contribution >= 4 is 22.4 Å². The first-order chi connectivity index (χ1) is 8.84. The van der Waals surface area contributed by atoms with Crippen molar-refractivity contribution in [3.63, 3.8) is 0 Å². The van der Waals surface area contributed by atoms with Crippen molar-refractivity contribution in [2.45, 2.75) is 57.6 Å². The number of imidazole rings is 1. The minimum absolute atomic E-state index is 0. The van der Waals surface area contributed by atoms with Gasteiger partial charge in [0.05, 0.1) is 0 Å². The van der Waals surface area contributed by atoms with E-state index in [0.717, 1.165) is 0 Å². The Morgan fingerprint density at radius 3 is 2.25 bits per heavy atom. The van der Waals surface area contributed by atoms with Gasteiger partial charge in [-0.3, -0.25) is 0 Å². The molecule has 1 rings (SSSR count). The van der Waals surface area contributed by atoms with Crippen LogP contribution in [0, 0.1) is 6.92 Å². The van der Waals surface area contributed by atoms with Gasteiger partial charge in [0.25, 0.3) is 10.0 Å². The van der Waals surface area contributed by atoms with Gasteiger partial charge in [-0.15, -0.1) is 12.4 Å². The van der Waals surface area contributed by atoms with Crippen LogP contribution < -0.4 is 10.5 Å². The number of sulfonamides is 1. The molecule has 0 bridgehead atoms. The molecular formula is C12H25ClN4O2S. The quantitative estimate of drug-likeness (QED) is 0.794. The summed E-state index contributed by atoms with van der Waals surface area (Å²) in [6.45, 7) is 8.55. The zero-order chi connectivity index (χ0) is 14.7. The molecule has 0 amide bonds. The van der Waals surface area contributed by atoms with E-state index in [1.54, 1.807) is 17.7 Å². The summed E-state index contributed by atoms with van der Waals surface area (Å²) < 4.78 is 29.2. The van der Waals surface area contributed by atoms with Crippen molar-refractivity contribution in [3.8, 4) is 0 Å². The van der Waals surface area contributed by atoms with Crippen LogP contribution in [0.1, 0.15) is 39.4 Å². The maximum atomic E-state index is 12.4. The molecule has 8 heteroatoms.